The minimum Gasteiger partial charge on any atom is -0.311 e. The van der Waals surface area contributed by atoms with Crippen LogP contribution in [-0.2, 0) is 6.42 Å². The standard InChI is InChI=1S/C16H21N3/c1-12(2)14-6-4-13(5-7-14)10-15(17-3)16-11-18-8-9-19-16/h4-9,11-12,15,17H,10H2,1-3H3. The molecular formula is C16H21N3. The zero-order valence-electron chi connectivity index (χ0n) is 11.8. The highest BCUT2D eigenvalue weighted by molar-refractivity contribution is 5.26. The summed E-state index contributed by atoms with van der Waals surface area (Å²) < 4.78 is 0. The van der Waals surface area contributed by atoms with Crippen molar-refractivity contribution in [3.63, 3.8) is 0 Å². The summed E-state index contributed by atoms with van der Waals surface area (Å²) in [5.41, 5.74) is 3.68. The average molecular weight is 255 g/mol. The molecular weight excluding hydrogens is 234 g/mol. The Bertz CT molecular complexity index is 491. The van der Waals surface area contributed by atoms with Crippen LogP contribution in [0.15, 0.2) is 42.9 Å². The molecule has 19 heavy (non-hydrogen) atoms. The van der Waals surface area contributed by atoms with Crippen molar-refractivity contribution in [3.05, 3.63) is 59.7 Å². The van der Waals surface area contributed by atoms with E-state index in [1.165, 1.54) is 11.1 Å². The van der Waals surface area contributed by atoms with Crippen molar-refractivity contribution in [1.29, 1.82) is 0 Å². The van der Waals surface area contributed by atoms with Gasteiger partial charge in [-0.3, -0.25) is 9.97 Å². The maximum absolute atomic E-state index is 4.37. The molecule has 0 aliphatic carbocycles. The van der Waals surface area contributed by atoms with Gasteiger partial charge in [0.15, 0.2) is 0 Å². The first kappa shape index (κ1) is 13.7. The number of aromatic nitrogens is 2. The normalized spacial score (nSPS) is 12.6. The van der Waals surface area contributed by atoms with E-state index in [4.69, 9.17) is 0 Å². The molecule has 3 heteroatoms. The summed E-state index contributed by atoms with van der Waals surface area (Å²) in [4.78, 5) is 8.50. The number of hydrogen-bond acceptors (Lipinski definition) is 3. The first-order chi connectivity index (χ1) is 9.20. The zero-order chi connectivity index (χ0) is 13.7. The summed E-state index contributed by atoms with van der Waals surface area (Å²) in [6.45, 7) is 4.43. The summed E-state index contributed by atoms with van der Waals surface area (Å²) in [7, 11) is 1.96. The molecule has 0 aliphatic rings. The highest BCUT2D eigenvalue weighted by Crippen LogP contribution is 2.19. The van der Waals surface area contributed by atoms with Crippen LogP contribution in [0, 0.1) is 0 Å². The first-order valence-electron chi connectivity index (χ1n) is 6.72. The third-order valence-electron chi connectivity index (χ3n) is 3.37. The topological polar surface area (TPSA) is 37.8 Å². The Kier molecular flexibility index (Phi) is 4.63. The van der Waals surface area contributed by atoms with Gasteiger partial charge in [0.05, 0.1) is 11.7 Å². The molecule has 0 bridgehead atoms. The lowest BCUT2D eigenvalue weighted by atomic mass is 9.98. The Labute approximate surface area is 115 Å². The molecule has 0 saturated carbocycles. The lowest BCUT2D eigenvalue weighted by Crippen LogP contribution is -2.20. The van der Waals surface area contributed by atoms with Gasteiger partial charge in [0.25, 0.3) is 0 Å². The van der Waals surface area contributed by atoms with Gasteiger partial charge in [-0.25, -0.2) is 0 Å². The molecule has 0 aliphatic heterocycles. The lowest BCUT2D eigenvalue weighted by molar-refractivity contribution is 0.573. The van der Waals surface area contributed by atoms with E-state index in [1.54, 1.807) is 12.4 Å². The molecule has 0 spiro atoms. The molecule has 100 valence electrons. The largest absolute Gasteiger partial charge is 0.311 e. The zero-order valence-corrected chi connectivity index (χ0v) is 11.8. The van der Waals surface area contributed by atoms with E-state index in [9.17, 15) is 0 Å². The minimum absolute atomic E-state index is 0.207. The molecule has 1 aromatic heterocycles. The Morgan fingerprint density at radius 2 is 1.84 bits per heavy atom. The number of hydrogen-bond donors (Lipinski definition) is 1. The third-order valence-corrected chi connectivity index (χ3v) is 3.37. The highest BCUT2D eigenvalue weighted by atomic mass is 14.9. The van der Waals surface area contributed by atoms with Crippen molar-refractivity contribution < 1.29 is 0 Å². The van der Waals surface area contributed by atoms with Crippen molar-refractivity contribution in [1.82, 2.24) is 15.3 Å². The van der Waals surface area contributed by atoms with Crippen molar-refractivity contribution in [3.8, 4) is 0 Å². The molecule has 0 saturated heterocycles. The van der Waals surface area contributed by atoms with Crippen molar-refractivity contribution in [2.75, 3.05) is 7.05 Å². The summed E-state index contributed by atoms with van der Waals surface area (Å²) in [5.74, 6) is 0.578. The summed E-state index contributed by atoms with van der Waals surface area (Å²) in [6.07, 6.45) is 6.19. The number of nitrogens with zero attached hydrogens (tertiary/aromatic N) is 2. The number of rotatable bonds is 5. The van der Waals surface area contributed by atoms with Crippen LogP contribution in [-0.4, -0.2) is 17.0 Å². The summed E-state index contributed by atoms with van der Waals surface area (Å²) in [5, 5.41) is 3.30. The molecule has 0 amide bonds. The molecule has 1 aromatic carbocycles. The van der Waals surface area contributed by atoms with Gasteiger partial charge in [-0.2, -0.15) is 0 Å². The van der Waals surface area contributed by atoms with Crippen molar-refractivity contribution in [2.24, 2.45) is 0 Å². The second-order valence-corrected chi connectivity index (χ2v) is 5.07. The SMILES string of the molecule is CNC(Cc1ccc(C(C)C)cc1)c1cnccn1. The Morgan fingerprint density at radius 1 is 1.11 bits per heavy atom. The molecule has 0 fully saturated rings. The Balaban J connectivity index is 2.10. The van der Waals surface area contributed by atoms with E-state index in [0.717, 1.165) is 12.1 Å². The van der Waals surface area contributed by atoms with Crippen molar-refractivity contribution in [2.45, 2.75) is 32.2 Å². The van der Waals surface area contributed by atoms with Gasteiger partial charge in [0.1, 0.15) is 0 Å². The predicted molar refractivity (Wildman–Crippen MR) is 78.1 cm³/mol. The van der Waals surface area contributed by atoms with Crippen molar-refractivity contribution >= 4 is 0 Å². The van der Waals surface area contributed by atoms with Gasteiger partial charge >= 0.3 is 0 Å². The molecule has 2 aromatic rings. The second-order valence-electron chi connectivity index (χ2n) is 5.07. The molecule has 2 rings (SSSR count). The first-order valence-corrected chi connectivity index (χ1v) is 6.72. The van der Waals surface area contributed by atoms with Gasteiger partial charge in [-0.05, 0) is 30.5 Å². The average Bonchev–Trinajstić information content (AvgIpc) is 2.46. The van der Waals surface area contributed by atoms with Crippen LogP contribution in [0.4, 0.5) is 0 Å². The van der Waals surface area contributed by atoms with Gasteiger partial charge in [0, 0.05) is 18.6 Å². The molecule has 3 nitrogen and oxygen atoms in total. The van der Waals surface area contributed by atoms with Gasteiger partial charge in [-0.1, -0.05) is 38.1 Å². The number of nitrogens with one attached hydrogen (secondary N) is 1. The van der Waals surface area contributed by atoms with E-state index in [0.29, 0.717) is 5.92 Å². The summed E-state index contributed by atoms with van der Waals surface area (Å²) >= 11 is 0. The maximum Gasteiger partial charge on any atom is 0.0759 e. The quantitative estimate of drug-likeness (QED) is 0.892. The predicted octanol–water partition coefficient (Wildman–Crippen LogP) is 3.10. The second kappa shape index (κ2) is 6.43. The monoisotopic (exact) mass is 255 g/mol. The van der Waals surface area contributed by atoms with Crippen LogP contribution < -0.4 is 5.32 Å². The number of likely N-dealkylation sites (N-methyl/N-ethyl adjacent to an activating group) is 1. The van der Waals surface area contributed by atoms with Crippen LogP contribution in [0.1, 0.15) is 42.6 Å². The molecule has 1 unspecified atom stereocenters. The van der Waals surface area contributed by atoms with Crippen LogP contribution in [0.5, 0.6) is 0 Å². The molecule has 1 atom stereocenters. The van der Waals surface area contributed by atoms with E-state index in [-0.39, 0.29) is 6.04 Å². The maximum atomic E-state index is 4.37. The van der Waals surface area contributed by atoms with Gasteiger partial charge in [0.2, 0.25) is 0 Å². The fourth-order valence-electron chi connectivity index (χ4n) is 2.12. The number of benzene rings is 1. The Hall–Kier alpha value is -1.74. The van der Waals surface area contributed by atoms with Crippen LogP contribution >= 0.6 is 0 Å². The third kappa shape index (κ3) is 3.61. The van der Waals surface area contributed by atoms with E-state index in [2.05, 4.69) is 53.4 Å². The van der Waals surface area contributed by atoms with E-state index < -0.39 is 0 Å². The van der Waals surface area contributed by atoms with E-state index in [1.807, 2.05) is 13.2 Å². The van der Waals surface area contributed by atoms with Crippen LogP contribution in [0.25, 0.3) is 0 Å². The molecule has 1 N–H and O–H groups in total. The Morgan fingerprint density at radius 3 is 2.37 bits per heavy atom. The molecule has 0 radical (unpaired) electrons. The fraction of sp³-hybridized carbons (Fsp3) is 0.375. The van der Waals surface area contributed by atoms with E-state index >= 15 is 0 Å². The lowest BCUT2D eigenvalue weighted by Gasteiger charge is -2.15. The smallest absolute Gasteiger partial charge is 0.0759 e. The van der Waals surface area contributed by atoms with Gasteiger partial charge in [-0.15, -0.1) is 0 Å². The van der Waals surface area contributed by atoms with Gasteiger partial charge < -0.3 is 5.32 Å². The summed E-state index contributed by atoms with van der Waals surface area (Å²) in [6, 6.07) is 9.04. The van der Waals surface area contributed by atoms with Crippen LogP contribution in [0.3, 0.4) is 0 Å². The van der Waals surface area contributed by atoms with Crippen LogP contribution in [0.2, 0.25) is 0 Å². The minimum atomic E-state index is 0.207. The fourth-order valence-corrected chi connectivity index (χ4v) is 2.12. The molecule has 1 heterocycles. The highest BCUT2D eigenvalue weighted by Gasteiger charge is 2.11.